The van der Waals surface area contributed by atoms with Crippen LogP contribution in [-0.4, -0.2) is 19.3 Å². The van der Waals surface area contributed by atoms with Crippen molar-refractivity contribution in [3.63, 3.8) is 0 Å². The molecule has 2 unspecified atom stereocenters. The lowest BCUT2D eigenvalue weighted by atomic mass is 9.82. The van der Waals surface area contributed by atoms with Gasteiger partial charge in [0.2, 0.25) is 0 Å². The highest BCUT2D eigenvalue weighted by Gasteiger charge is 2.27. The lowest BCUT2D eigenvalue weighted by molar-refractivity contribution is -0.0202. The first kappa shape index (κ1) is 20.0. The number of benzene rings is 2. The number of ether oxygens (including phenoxy) is 1. The van der Waals surface area contributed by atoms with Crippen LogP contribution in [0.5, 0.6) is 0 Å². The second-order valence-corrected chi connectivity index (χ2v) is 7.74. The van der Waals surface area contributed by atoms with Crippen LogP contribution in [0.4, 0.5) is 8.78 Å². The first-order valence-corrected chi connectivity index (χ1v) is 9.88. The van der Waals surface area contributed by atoms with Crippen molar-refractivity contribution in [2.24, 2.45) is 5.92 Å². The minimum absolute atomic E-state index is 0.180. The topological polar surface area (TPSA) is 21.3 Å². The normalized spacial score (nSPS) is 20.2. The van der Waals surface area contributed by atoms with Crippen LogP contribution in [0.3, 0.4) is 0 Å². The highest BCUT2D eigenvalue weighted by Crippen LogP contribution is 2.35. The number of halogens is 2. The summed E-state index contributed by atoms with van der Waals surface area (Å²) in [6.45, 7) is 6.30. The van der Waals surface area contributed by atoms with E-state index in [9.17, 15) is 8.78 Å². The molecule has 0 spiro atoms. The van der Waals surface area contributed by atoms with Crippen molar-refractivity contribution in [3.05, 3.63) is 70.8 Å². The summed E-state index contributed by atoms with van der Waals surface area (Å²) in [6, 6.07) is 11.9. The molecule has 1 aliphatic heterocycles. The van der Waals surface area contributed by atoms with Crippen LogP contribution in [0.25, 0.3) is 0 Å². The van der Waals surface area contributed by atoms with E-state index in [1.165, 1.54) is 17.7 Å². The Balaban J connectivity index is 1.63. The summed E-state index contributed by atoms with van der Waals surface area (Å²) < 4.78 is 33.5. The molecule has 2 nitrogen and oxygen atoms in total. The molecule has 3 rings (SSSR count). The van der Waals surface area contributed by atoms with Gasteiger partial charge in [0, 0.05) is 18.7 Å². The smallest absolute Gasteiger partial charge is 0.127 e. The Morgan fingerprint density at radius 1 is 1.11 bits per heavy atom. The standard InChI is InChI=1S/C23H29F2NO/c1-16(2)23-13-18(10-12-27-23)21-14-20(24)8-7-17(21)9-11-26-15-19-5-3-4-6-22(19)25/h3-8,14,16,18,23,26H,9-13,15H2,1-2H3. The van der Waals surface area contributed by atoms with E-state index in [4.69, 9.17) is 4.74 Å². The van der Waals surface area contributed by atoms with E-state index in [1.807, 2.05) is 12.1 Å². The van der Waals surface area contributed by atoms with Gasteiger partial charge in [-0.2, -0.15) is 0 Å². The van der Waals surface area contributed by atoms with E-state index in [2.05, 4.69) is 19.2 Å². The highest BCUT2D eigenvalue weighted by molar-refractivity contribution is 5.32. The largest absolute Gasteiger partial charge is 0.378 e. The maximum Gasteiger partial charge on any atom is 0.127 e. The van der Waals surface area contributed by atoms with E-state index in [0.29, 0.717) is 23.9 Å². The molecule has 0 amide bonds. The van der Waals surface area contributed by atoms with Crippen molar-refractivity contribution in [1.82, 2.24) is 5.32 Å². The second kappa shape index (κ2) is 9.43. The van der Waals surface area contributed by atoms with Gasteiger partial charge in [-0.3, -0.25) is 0 Å². The first-order chi connectivity index (χ1) is 13.0. The van der Waals surface area contributed by atoms with Crippen LogP contribution in [-0.2, 0) is 17.7 Å². The Morgan fingerprint density at radius 2 is 1.93 bits per heavy atom. The zero-order valence-corrected chi connectivity index (χ0v) is 16.2. The molecule has 0 radical (unpaired) electrons. The zero-order valence-electron chi connectivity index (χ0n) is 16.2. The molecule has 1 N–H and O–H groups in total. The molecule has 1 saturated heterocycles. The minimum Gasteiger partial charge on any atom is -0.378 e. The molecule has 146 valence electrons. The summed E-state index contributed by atoms with van der Waals surface area (Å²) in [4.78, 5) is 0. The molecule has 0 saturated carbocycles. The average molecular weight is 373 g/mol. The average Bonchev–Trinajstić information content (AvgIpc) is 2.67. The number of nitrogens with one attached hydrogen (secondary N) is 1. The summed E-state index contributed by atoms with van der Waals surface area (Å²) >= 11 is 0. The Hall–Kier alpha value is -1.78. The predicted octanol–water partition coefficient (Wildman–Crippen LogP) is 5.22. The van der Waals surface area contributed by atoms with Crippen molar-refractivity contribution in [3.8, 4) is 0 Å². The first-order valence-electron chi connectivity index (χ1n) is 9.88. The fourth-order valence-electron chi connectivity index (χ4n) is 3.84. The third-order valence-corrected chi connectivity index (χ3v) is 5.45. The van der Waals surface area contributed by atoms with Crippen molar-refractivity contribution in [1.29, 1.82) is 0 Å². The van der Waals surface area contributed by atoms with E-state index in [1.54, 1.807) is 18.2 Å². The van der Waals surface area contributed by atoms with E-state index in [0.717, 1.165) is 38.0 Å². The van der Waals surface area contributed by atoms with Gasteiger partial charge in [-0.25, -0.2) is 8.78 Å². The van der Waals surface area contributed by atoms with Crippen LogP contribution >= 0.6 is 0 Å². The van der Waals surface area contributed by atoms with Gasteiger partial charge in [-0.1, -0.05) is 38.1 Å². The molecule has 0 aliphatic carbocycles. The summed E-state index contributed by atoms with van der Waals surface area (Å²) in [5.74, 6) is 0.436. The van der Waals surface area contributed by atoms with Gasteiger partial charge in [0.05, 0.1) is 6.10 Å². The van der Waals surface area contributed by atoms with E-state index >= 15 is 0 Å². The van der Waals surface area contributed by atoms with Gasteiger partial charge in [0.25, 0.3) is 0 Å². The van der Waals surface area contributed by atoms with Crippen molar-refractivity contribution in [2.45, 2.75) is 51.7 Å². The van der Waals surface area contributed by atoms with Crippen LogP contribution in [0.15, 0.2) is 42.5 Å². The Labute approximate surface area is 160 Å². The Bertz CT molecular complexity index is 747. The third-order valence-electron chi connectivity index (χ3n) is 5.45. The fourth-order valence-corrected chi connectivity index (χ4v) is 3.84. The van der Waals surface area contributed by atoms with Gasteiger partial charge in [0.15, 0.2) is 0 Å². The second-order valence-electron chi connectivity index (χ2n) is 7.74. The van der Waals surface area contributed by atoms with Crippen molar-refractivity contribution in [2.75, 3.05) is 13.2 Å². The predicted molar refractivity (Wildman–Crippen MR) is 105 cm³/mol. The van der Waals surface area contributed by atoms with Crippen LogP contribution < -0.4 is 5.32 Å². The monoisotopic (exact) mass is 373 g/mol. The molecule has 0 aromatic heterocycles. The van der Waals surface area contributed by atoms with Crippen molar-refractivity contribution < 1.29 is 13.5 Å². The van der Waals surface area contributed by atoms with Gasteiger partial charge in [-0.05, 0) is 67.0 Å². The summed E-state index contributed by atoms with van der Waals surface area (Å²) in [5.41, 5.74) is 2.95. The molecule has 0 bridgehead atoms. The van der Waals surface area contributed by atoms with Crippen LogP contribution in [0.2, 0.25) is 0 Å². The molecule has 2 atom stereocenters. The molecule has 1 fully saturated rings. The lowest BCUT2D eigenvalue weighted by Crippen LogP contribution is -2.29. The molecule has 2 aromatic rings. The molecule has 4 heteroatoms. The molecule has 1 aliphatic rings. The maximum absolute atomic E-state index is 13.9. The number of hydrogen-bond donors (Lipinski definition) is 1. The summed E-state index contributed by atoms with van der Waals surface area (Å²) in [7, 11) is 0. The van der Waals surface area contributed by atoms with E-state index in [-0.39, 0.29) is 17.7 Å². The summed E-state index contributed by atoms with van der Waals surface area (Å²) in [6.07, 6.45) is 2.91. The Kier molecular flexibility index (Phi) is 6.97. The zero-order chi connectivity index (χ0) is 19.2. The maximum atomic E-state index is 13.9. The fraction of sp³-hybridized carbons (Fsp3) is 0.478. The third kappa shape index (κ3) is 5.36. The molecule has 2 aromatic carbocycles. The van der Waals surface area contributed by atoms with Crippen molar-refractivity contribution >= 4 is 0 Å². The molecular formula is C23H29F2NO. The number of rotatable bonds is 7. The van der Waals surface area contributed by atoms with Crippen LogP contribution in [0.1, 0.15) is 49.3 Å². The SMILES string of the molecule is CC(C)C1CC(c2cc(F)ccc2CCNCc2ccccc2F)CCO1. The highest BCUT2D eigenvalue weighted by atomic mass is 19.1. The minimum atomic E-state index is -0.186. The van der Waals surface area contributed by atoms with Gasteiger partial charge in [-0.15, -0.1) is 0 Å². The summed E-state index contributed by atoms with van der Waals surface area (Å²) in [5, 5.41) is 3.30. The Morgan fingerprint density at radius 3 is 2.70 bits per heavy atom. The van der Waals surface area contributed by atoms with E-state index < -0.39 is 0 Å². The lowest BCUT2D eigenvalue weighted by Gasteiger charge is -2.33. The van der Waals surface area contributed by atoms with Gasteiger partial charge in [0.1, 0.15) is 11.6 Å². The van der Waals surface area contributed by atoms with Crippen LogP contribution in [0, 0.1) is 17.6 Å². The molecule has 27 heavy (non-hydrogen) atoms. The number of hydrogen-bond acceptors (Lipinski definition) is 2. The molecular weight excluding hydrogens is 344 g/mol. The quantitative estimate of drug-likeness (QED) is 0.672. The van der Waals surface area contributed by atoms with Gasteiger partial charge >= 0.3 is 0 Å². The van der Waals surface area contributed by atoms with Gasteiger partial charge < -0.3 is 10.1 Å². The molecule has 1 heterocycles.